The minimum Gasteiger partial charge on any atom is -0.343 e. The molecular weight excluding hydrogens is 290 g/mol. The molecule has 1 aromatic carbocycles. The average molecular weight is 311 g/mol. The molecular formula is C15H21ClN3O2+. The van der Waals surface area contributed by atoms with Crippen molar-refractivity contribution in [3.05, 3.63) is 34.9 Å². The van der Waals surface area contributed by atoms with Crippen molar-refractivity contribution in [3.63, 3.8) is 0 Å². The van der Waals surface area contributed by atoms with E-state index in [1.54, 1.807) is 24.3 Å². The number of hydrogen-bond acceptors (Lipinski definition) is 2. The summed E-state index contributed by atoms with van der Waals surface area (Å²) < 4.78 is 0. The molecule has 0 aromatic heterocycles. The van der Waals surface area contributed by atoms with E-state index in [0.29, 0.717) is 10.6 Å². The van der Waals surface area contributed by atoms with Crippen LogP contribution in [0.3, 0.4) is 0 Å². The van der Waals surface area contributed by atoms with Crippen molar-refractivity contribution in [2.75, 3.05) is 39.3 Å². The Balaban J connectivity index is 1.82. The quantitative estimate of drug-likeness (QED) is 0.810. The number of carbonyl (C=O) groups is 2. The Bertz CT molecular complexity index is 513. The van der Waals surface area contributed by atoms with E-state index in [-0.39, 0.29) is 18.4 Å². The van der Waals surface area contributed by atoms with Gasteiger partial charge in [-0.05, 0) is 19.1 Å². The fraction of sp³-hybridized carbons (Fsp3) is 0.467. The zero-order valence-corrected chi connectivity index (χ0v) is 12.9. The second kappa shape index (κ2) is 7.43. The fourth-order valence-corrected chi connectivity index (χ4v) is 2.66. The van der Waals surface area contributed by atoms with Gasteiger partial charge >= 0.3 is 0 Å². The highest BCUT2D eigenvalue weighted by Crippen LogP contribution is 2.14. The van der Waals surface area contributed by atoms with Gasteiger partial charge in [0.25, 0.3) is 5.91 Å². The van der Waals surface area contributed by atoms with E-state index in [1.165, 1.54) is 4.90 Å². The highest BCUT2D eigenvalue weighted by atomic mass is 35.5. The summed E-state index contributed by atoms with van der Waals surface area (Å²) in [5.41, 5.74) is 0.396. The predicted molar refractivity (Wildman–Crippen MR) is 81.6 cm³/mol. The molecule has 0 spiro atoms. The molecule has 0 unspecified atom stereocenters. The van der Waals surface area contributed by atoms with E-state index in [0.717, 1.165) is 32.7 Å². The van der Waals surface area contributed by atoms with E-state index in [4.69, 9.17) is 11.6 Å². The lowest BCUT2D eigenvalue weighted by Crippen LogP contribution is -3.14. The summed E-state index contributed by atoms with van der Waals surface area (Å²) in [5.74, 6) is -0.350. The van der Waals surface area contributed by atoms with Gasteiger partial charge in [-0.3, -0.25) is 9.59 Å². The molecule has 0 bridgehead atoms. The van der Waals surface area contributed by atoms with Crippen LogP contribution in [0.5, 0.6) is 0 Å². The van der Waals surface area contributed by atoms with Gasteiger partial charge in [0, 0.05) is 0 Å². The molecule has 0 saturated carbocycles. The summed E-state index contributed by atoms with van der Waals surface area (Å²) in [6.07, 6.45) is 0. The number of benzene rings is 1. The van der Waals surface area contributed by atoms with Gasteiger partial charge in [0.15, 0.2) is 0 Å². The number of rotatable bonds is 4. The van der Waals surface area contributed by atoms with Crippen LogP contribution < -0.4 is 10.2 Å². The molecule has 21 heavy (non-hydrogen) atoms. The zero-order valence-electron chi connectivity index (χ0n) is 12.2. The number of quaternary nitrogens is 1. The largest absolute Gasteiger partial charge is 0.343 e. The van der Waals surface area contributed by atoms with Gasteiger partial charge in [-0.25, -0.2) is 0 Å². The number of amides is 2. The molecule has 0 aliphatic carbocycles. The van der Waals surface area contributed by atoms with Crippen LogP contribution in [-0.4, -0.2) is 56.0 Å². The number of nitrogens with zero attached hydrogens (tertiary/aromatic N) is 1. The van der Waals surface area contributed by atoms with Gasteiger partial charge in [0.1, 0.15) is 0 Å². The van der Waals surface area contributed by atoms with Crippen LogP contribution in [0.4, 0.5) is 0 Å². The first-order valence-corrected chi connectivity index (χ1v) is 7.63. The smallest absolute Gasteiger partial charge is 0.253 e. The summed E-state index contributed by atoms with van der Waals surface area (Å²) in [4.78, 5) is 27.4. The SMILES string of the molecule is CC[NH+]1CCN(C(=O)CNC(=O)c2ccccc2Cl)CC1. The lowest BCUT2D eigenvalue weighted by atomic mass is 10.2. The van der Waals surface area contributed by atoms with Crippen molar-refractivity contribution in [2.24, 2.45) is 0 Å². The van der Waals surface area contributed by atoms with Gasteiger partial charge in [-0.15, -0.1) is 0 Å². The highest BCUT2D eigenvalue weighted by molar-refractivity contribution is 6.33. The average Bonchev–Trinajstić information content (AvgIpc) is 2.52. The van der Waals surface area contributed by atoms with Crippen LogP contribution in [0.15, 0.2) is 24.3 Å². The van der Waals surface area contributed by atoms with Crippen LogP contribution in [0.2, 0.25) is 5.02 Å². The third-order valence-electron chi connectivity index (χ3n) is 3.84. The number of halogens is 1. The molecule has 5 nitrogen and oxygen atoms in total. The number of hydrogen-bond donors (Lipinski definition) is 2. The van der Waals surface area contributed by atoms with Gasteiger partial charge < -0.3 is 15.1 Å². The van der Waals surface area contributed by atoms with Crippen LogP contribution in [0.25, 0.3) is 0 Å². The van der Waals surface area contributed by atoms with Gasteiger partial charge in [0.2, 0.25) is 5.91 Å². The van der Waals surface area contributed by atoms with E-state index >= 15 is 0 Å². The maximum Gasteiger partial charge on any atom is 0.253 e. The third kappa shape index (κ3) is 4.19. The van der Waals surface area contributed by atoms with Gasteiger partial charge in [-0.2, -0.15) is 0 Å². The monoisotopic (exact) mass is 310 g/mol. The van der Waals surface area contributed by atoms with Crippen LogP contribution in [0.1, 0.15) is 17.3 Å². The zero-order chi connectivity index (χ0) is 15.2. The van der Waals surface area contributed by atoms with Crippen molar-refractivity contribution in [3.8, 4) is 0 Å². The molecule has 0 radical (unpaired) electrons. The van der Waals surface area contributed by atoms with Crippen LogP contribution in [0, 0.1) is 0 Å². The molecule has 2 amide bonds. The summed E-state index contributed by atoms with van der Waals surface area (Å²) in [5, 5.41) is 3.03. The number of piperazine rings is 1. The van der Waals surface area contributed by atoms with E-state index in [2.05, 4.69) is 12.2 Å². The number of likely N-dealkylation sites (N-methyl/N-ethyl adjacent to an activating group) is 1. The van der Waals surface area contributed by atoms with E-state index in [1.807, 2.05) is 4.90 Å². The Kier molecular flexibility index (Phi) is 5.59. The Labute approximate surface area is 129 Å². The molecule has 1 aliphatic rings. The molecule has 1 heterocycles. The van der Waals surface area contributed by atoms with Crippen molar-refractivity contribution in [1.29, 1.82) is 0 Å². The fourth-order valence-electron chi connectivity index (χ4n) is 2.43. The minimum atomic E-state index is -0.313. The Hall–Kier alpha value is -1.59. The van der Waals surface area contributed by atoms with Gasteiger partial charge in [-0.1, -0.05) is 23.7 Å². The number of carbonyl (C=O) groups excluding carboxylic acids is 2. The summed E-state index contributed by atoms with van der Waals surface area (Å²) in [6, 6.07) is 6.81. The second-order valence-electron chi connectivity index (χ2n) is 5.15. The van der Waals surface area contributed by atoms with Crippen molar-refractivity contribution >= 4 is 23.4 Å². The molecule has 1 aliphatic heterocycles. The molecule has 1 saturated heterocycles. The second-order valence-corrected chi connectivity index (χ2v) is 5.55. The number of nitrogens with one attached hydrogen (secondary N) is 2. The molecule has 1 aromatic rings. The van der Waals surface area contributed by atoms with Crippen LogP contribution in [-0.2, 0) is 4.79 Å². The van der Waals surface area contributed by atoms with Crippen molar-refractivity contribution < 1.29 is 14.5 Å². The van der Waals surface area contributed by atoms with Gasteiger partial charge in [0.05, 0.1) is 49.9 Å². The lowest BCUT2D eigenvalue weighted by molar-refractivity contribution is -0.902. The van der Waals surface area contributed by atoms with Crippen molar-refractivity contribution in [1.82, 2.24) is 10.2 Å². The third-order valence-corrected chi connectivity index (χ3v) is 4.17. The normalized spacial score (nSPS) is 15.8. The maximum absolute atomic E-state index is 12.1. The minimum absolute atomic E-state index is 0.0194. The predicted octanol–water partition coefficient (Wildman–Crippen LogP) is -0.183. The summed E-state index contributed by atoms with van der Waals surface area (Å²) in [6.45, 7) is 6.71. The first kappa shape index (κ1) is 15.8. The Morgan fingerprint density at radius 2 is 1.95 bits per heavy atom. The molecule has 6 heteroatoms. The molecule has 2 rings (SSSR count). The molecule has 0 atom stereocenters. The highest BCUT2D eigenvalue weighted by Gasteiger charge is 2.22. The van der Waals surface area contributed by atoms with E-state index in [9.17, 15) is 9.59 Å². The Morgan fingerprint density at radius 3 is 2.57 bits per heavy atom. The molecule has 114 valence electrons. The summed E-state index contributed by atoms with van der Waals surface area (Å²) >= 11 is 5.96. The first-order valence-electron chi connectivity index (χ1n) is 7.26. The van der Waals surface area contributed by atoms with Crippen molar-refractivity contribution in [2.45, 2.75) is 6.92 Å². The first-order chi connectivity index (χ1) is 10.1. The maximum atomic E-state index is 12.1. The topological polar surface area (TPSA) is 53.9 Å². The summed E-state index contributed by atoms with van der Waals surface area (Å²) in [7, 11) is 0. The van der Waals surface area contributed by atoms with E-state index < -0.39 is 0 Å². The lowest BCUT2D eigenvalue weighted by Gasteiger charge is -2.31. The molecule has 1 fully saturated rings. The standard InChI is InChI=1S/C15H20ClN3O2/c1-2-18-7-9-19(10-8-18)14(20)11-17-15(21)12-5-3-4-6-13(12)16/h3-6H,2,7-11H2,1H3,(H,17,21)/p+1. The molecule has 2 N–H and O–H groups in total. The van der Waals surface area contributed by atoms with Crippen LogP contribution >= 0.6 is 11.6 Å². The Morgan fingerprint density at radius 1 is 1.29 bits per heavy atom.